The lowest BCUT2D eigenvalue weighted by Gasteiger charge is -2.38. The number of methoxy groups -OCH3 is 1. The van der Waals surface area contributed by atoms with Crippen LogP contribution in [0.4, 0.5) is 0 Å². The number of phenols is 1. The highest BCUT2D eigenvalue weighted by atomic mass is 16.5. The molecule has 4 heteroatoms. The third-order valence-corrected chi connectivity index (χ3v) is 3.61. The summed E-state index contributed by atoms with van der Waals surface area (Å²) in [5.74, 6) is 0.367. The molecule has 0 radical (unpaired) electrons. The summed E-state index contributed by atoms with van der Waals surface area (Å²) in [7, 11) is 1.49. The van der Waals surface area contributed by atoms with Gasteiger partial charge in [-0.05, 0) is 36.5 Å². The number of carbonyl (C=O) groups is 1. The van der Waals surface area contributed by atoms with Gasteiger partial charge in [-0.15, -0.1) is 0 Å². The van der Waals surface area contributed by atoms with Gasteiger partial charge in [0.15, 0.2) is 11.5 Å². The summed E-state index contributed by atoms with van der Waals surface area (Å²) in [4.78, 5) is 14.3. The quantitative estimate of drug-likeness (QED) is 0.892. The van der Waals surface area contributed by atoms with Crippen LogP contribution in [0.2, 0.25) is 0 Å². The van der Waals surface area contributed by atoms with Gasteiger partial charge in [0.1, 0.15) is 0 Å². The minimum atomic E-state index is -0.0225. The average Bonchev–Trinajstić information content (AvgIpc) is 2.36. The second-order valence-corrected chi connectivity index (χ2v) is 5.88. The van der Waals surface area contributed by atoms with Gasteiger partial charge in [-0.3, -0.25) is 4.79 Å². The monoisotopic (exact) mass is 263 g/mol. The molecule has 1 aliphatic heterocycles. The van der Waals surface area contributed by atoms with Crippen molar-refractivity contribution in [2.24, 2.45) is 5.41 Å². The normalized spacial score (nSPS) is 18.2. The van der Waals surface area contributed by atoms with Crippen molar-refractivity contribution in [3.63, 3.8) is 0 Å². The van der Waals surface area contributed by atoms with Gasteiger partial charge in [-0.25, -0.2) is 0 Å². The standard InChI is InChI=1S/C15H21NO3/c1-15(2)7-4-8-16(10-15)14(18)11-5-6-13(19-3)12(17)9-11/h5-6,9,17H,4,7-8,10H2,1-3H3. The number of hydrogen-bond acceptors (Lipinski definition) is 3. The van der Waals surface area contributed by atoms with Gasteiger partial charge in [-0.1, -0.05) is 13.8 Å². The van der Waals surface area contributed by atoms with E-state index in [-0.39, 0.29) is 17.1 Å². The van der Waals surface area contributed by atoms with Crippen molar-refractivity contribution in [3.05, 3.63) is 23.8 Å². The molecular formula is C15H21NO3. The number of phenolic OH excluding ortho intramolecular Hbond substituents is 1. The first-order valence-electron chi connectivity index (χ1n) is 6.59. The van der Waals surface area contributed by atoms with Crippen molar-refractivity contribution in [2.45, 2.75) is 26.7 Å². The number of piperidine rings is 1. The second-order valence-electron chi connectivity index (χ2n) is 5.88. The molecule has 1 saturated heterocycles. The minimum absolute atomic E-state index is 0.00428. The van der Waals surface area contributed by atoms with Crippen molar-refractivity contribution in [1.82, 2.24) is 4.90 Å². The first kappa shape index (κ1) is 13.7. The Morgan fingerprint density at radius 1 is 1.42 bits per heavy atom. The maximum absolute atomic E-state index is 12.4. The number of hydrogen-bond donors (Lipinski definition) is 1. The van der Waals surface area contributed by atoms with Crippen LogP contribution in [0.1, 0.15) is 37.0 Å². The molecule has 0 bridgehead atoms. The van der Waals surface area contributed by atoms with E-state index in [1.165, 1.54) is 13.2 Å². The Morgan fingerprint density at radius 2 is 2.16 bits per heavy atom. The lowest BCUT2D eigenvalue weighted by molar-refractivity contribution is 0.0583. The van der Waals surface area contributed by atoms with Crippen molar-refractivity contribution in [3.8, 4) is 11.5 Å². The Bertz CT molecular complexity index is 482. The lowest BCUT2D eigenvalue weighted by Crippen LogP contribution is -2.43. The summed E-state index contributed by atoms with van der Waals surface area (Å²) < 4.78 is 4.98. The Morgan fingerprint density at radius 3 is 2.74 bits per heavy atom. The second kappa shape index (κ2) is 5.11. The van der Waals surface area contributed by atoms with Crippen LogP contribution in [-0.4, -0.2) is 36.1 Å². The Hall–Kier alpha value is -1.71. The topological polar surface area (TPSA) is 49.8 Å². The molecule has 1 heterocycles. The molecule has 104 valence electrons. The predicted octanol–water partition coefficient (Wildman–Crippen LogP) is 2.66. The highest BCUT2D eigenvalue weighted by Crippen LogP contribution is 2.31. The molecule has 1 N–H and O–H groups in total. The van der Waals surface area contributed by atoms with Crippen LogP contribution in [0, 0.1) is 5.41 Å². The number of ether oxygens (including phenoxy) is 1. The highest BCUT2D eigenvalue weighted by molar-refractivity contribution is 5.95. The molecule has 1 amide bonds. The van der Waals surface area contributed by atoms with Crippen LogP contribution in [0.15, 0.2) is 18.2 Å². The Balaban J connectivity index is 2.17. The number of nitrogens with zero attached hydrogens (tertiary/aromatic N) is 1. The largest absolute Gasteiger partial charge is 0.504 e. The zero-order valence-corrected chi connectivity index (χ0v) is 11.8. The highest BCUT2D eigenvalue weighted by Gasteiger charge is 2.29. The summed E-state index contributed by atoms with van der Waals surface area (Å²) in [6.07, 6.45) is 2.17. The minimum Gasteiger partial charge on any atom is -0.504 e. The molecule has 2 rings (SSSR count). The SMILES string of the molecule is COc1ccc(C(=O)N2CCCC(C)(C)C2)cc1O. The van der Waals surface area contributed by atoms with E-state index in [1.54, 1.807) is 12.1 Å². The van der Waals surface area contributed by atoms with E-state index in [2.05, 4.69) is 13.8 Å². The molecule has 1 fully saturated rings. The van der Waals surface area contributed by atoms with E-state index in [0.717, 1.165) is 25.9 Å². The zero-order chi connectivity index (χ0) is 14.0. The van der Waals surface area contributed by atoms with E-state index in [4.69, 9.17) is 4.74 Å². The number of benzene rings is 1. The van der Waals surface area contributed by atoms with Crippen LogP contribution >= 0.6 is 0 Å². The van der Waals surface area contributed by atoms with Crippen LogP contribution in [0.5, 0.6) is 11.5 Å². The van der Waals surface area contributed by atoms with Crippen LogP contribution in [0.3, 0.4) is 0 Å². The third-order valence-electron chi connectivity index (χ3n) is 3.61. The van der Waals surface area contributed by atoms with Gasteiger partial charge in [0.05, 0.1) is 7.11 Å². The van der Waals surface area contributed by atoms with Crippen LogP contribution in [-0.2, 0) is 0 Å². The molecule has 1 aromatic rings. The molecule has 1 aliphatic rings. The zero-order valence-electron chi connectivity index (χ0n) is 11.8. The number of amides is 1. The first-order chi connectivity index (χ1) is 8.93. The summed E-state index contributed by atoms with van der Waals surface area (Å²) in [5, 5.41) is 9.75. The molecule has 1 aromatic carbocycles. The van der Waals surface area contributed by atoms with E-state index < -0.39 is 0 Å². The van der Waals surface area contributed by atoms with Gasteiger partial charge >= 0.3 is 0 Å². The average molecular weight is 263 g/mol. The molecule has 0 saturated carbocycles. The number of carbonyl (C=O) groups excluding carboxylic acids is 1. The maximum Gasteiger partial charge on any atom is 0.254 e. The Labute approximate surface area is 114 Å². The third kappa shape index (κ3) is 3.00. The molecule has 4 nitrogen and oxygen atoms in total. The molecule has 0 aromatic heterocycles. The molecule has 0 spiro atoms. The van der Waals surface area contributed by atoms with Crippen LogP contribution < -0.4 is 4.74 Å². The summed E-state index contributed by atoms with van der Waals surface area (Å²) in [5.41, 5.74) is 0.679. The fourth-order valence-corrected chi connectivity index (χ4v) is 2.60. The fraction of sp³-hybridized carbons (Fsp3) is 0.533. The Kier molecular flexibility index (Phi) is 3.69. The van der Waals surface area contributed by atoms with Crippen molar-refractivity contribution in [2.75, 3.05) is 20.2 Å². The van der Waals surface area contributed by atoms with Gasteiger partial charge in [-0.2, -0.15) is 0 Å². The summed E-state index contributed by atoms with van der Waals surface area (Å²) >= 11 is 0. The van der Waals surface area contributed by atoms with Crippen molar-refractivity contribution < 1.29 is 14.6 Å². The summed E-state index contributed by atoms with van der Waals surface area (Å²) in [6.45, 7) is 5.91. The van der Waals surface area contributed by atoms with Gasteiger partial charge in [0.2, 0.25) is 0 Å². The predicted molar refractivity (Wildman–Crippen MR) is 73.6 cm³/mol. The van der Waals surface area contributed by atoms with E-state index in [1.807, 2.05) is 4.90 Å². The molecule has 0 atom stereocenters. The molecular weight excluding hydrogens is 242 g/mol. The lowest BCUT2D eigenvalue weighted by atomic mass is 9.84. The summed E-state index contributed by atoms with van der Waals surface area (Å²) in [6, 6.07) is 4.79. The van der Waals surface area contributed by atoms with Crippen molar-refractivity contribution >= 4 is 5.91 Å². The van der Waals surface area contributed by atoms with Crippen LogP contribution in [0.25, 0.3) is 0 Å². The van der Waals surface area contributed by atoms with Gasteiger partial charge < -0.3 is 14.7 Å². The molecule has 0 aliphatic carbocycles. The molecule has 19 heavy (non-hydrogen) atoms. The van der Waals surface area contributed by atoms with Gasteiger partial charge in [0, 0.05) is 18.7 Å². The smallest absolute Gasteiger partial charge is 0.254 e. The fourth-order valence-electron chi connectivity index (χ4n) is 2.60. The molecule has 0 unspecified atom stereocenters. The number of rotatable bonds is 2. The van der Waals surface area contributed by atoms with E-state index in [9.17, 15) is 9.90 Å². The van der Waals surface area contributed by atoms with Gasteiger partial charge in [0.25, 0.3) is 5.91 Å². The van der Waals surface area contributed by atoms with E-state index >= 15 is 0 Å². The maximum atomic E-state index is 12.4. The number of likely N-dealkylation sites (tertiary alicyclic amines) is 1. The number of aromatic hydroxyl groups is 1. The first-order valence-corrected chi connectivity index (χ1v) is 6.59. The van der Waals surface area contributed by atoms with E-state index in [0.29, 0.717) is 11.3 Å². The van der Waals surface area contributed by atoms with Crippen molar-refractivity contribution in [1.29, 1.82) is 0 Å².